The van der Waals surface area contributed by atoms with Crippen LogP contribution in [0.1, 0.15) is 61.4 Å². The van der Waals surface area contributed by atoms with Gasteiger partial charge in [0.05, 0.1) is 13.7 Å². The first-order valence-electron chi connectivity index (χ1n) is 8.80. The van der Waals surface area contributed by atoms with Crippen LogP contribution < -0.4 is 4.74 Å². The van der Waals surface area contributed by atoms with Crippen molar-refractivity contribution in [2.75, 3.05) is 26.8 Å². The van der Waals surface area contributed by atoms with Crippen LogP contribution in [0.5, 0.6) is 5.75 Å². The standard InChI is InChI=1S/C19H29NO3/c1-3-4-13-23-15-17-14-16(9-10-18(17)22-2)19(21)20-11-7-5-6-8-12-20/h9-10,14H,3-8,11-13,15H2,1-2H3. The molecule has 0 aromatic heterocycles. The molecule has 1 heterocycles. The Balaban J connectivity index is 2.07. The van der Waals surface area contributed by atoms with Crippen molar-refractivity contribution in [3.05, 3.63) is 29.3 Å². The lowest BCUT2D eigenvalue weighted by Gasteiger charge is -2.21. The molecule has 1 aromatic rings. The summed E-state index contributed by atoms with van der Waals surface area (Å²) in [5.41, 5.74) is 1.69. The maximum absolute atomic E-state index is 12.7. The van der Waals surface area contributed by atoms with Gasteiger partial charge in [-0.05, 0) is 37.5 Å². The molecular weight excluding hydrogens is 290 g/mol. The maximum atomic E-state index is 12.7. The minimum absolute atomic E-state index is 0.129. The van der Waals surface area contributed by atoms with Gasteiger partial charge in [-0.3, -0.25) is 4.79 Å². The number of methoxy groups -OCH3 is 1. The Bertz CT molecular complexity index is 493. The van der Waals surface area contributed by atoms with Gasteiger partial charge < -0.3 is 14.4 Å². The molecule has 0 aliphatic carbocycles. The summed E-state index contributed by atoms with van der Waals surface area (Å²) in [4.78, 5) is 14.7. The van der Waals surface area contributed by atoms with Gasteiger partial charge in [-0.15, -0.1) is 0 Å². The van der Waals surface area contributed by atoms with Crippen molar-refractivity contribution in [1.82, 2.24) is 4.90 Å². The van der Waals surface area contributed by atoms with Crippen LogP contribution in [0, 0.1) is 0 Å². The molecule has 0 bridgehead atoms. The molecule has 1 aromatic carbocycles. The highest BCUT2D eigenvalue weighted by Gasteiger charge is 2.18. The van der Waals surface area contributed by atoms with E-state index in [1.165, 1.54) is 12.8 Å². The minimum Gasteiger partial charge on any atom is -0.496 e. The van der Waals surface area contributed by atoms with Crippen molar-refractivity contribution >= 4 is 5.91 Å². The number of ether oxygens (including phenoxy) is 2. The lowest BCUT2D eigenvalue weighted by Crippen LogP contribution is -2.31. The minimum atomic E-state index is 0.129. The summed E-state index contributed by atoms with van der Waals surface area (Å²) in [6, 6.07) is 5.67. The SMILES string of the molecule is CCCCOCc1cc(C(=O)N2CCCCCC2)ccc1OC. The zero-order valence-electron chi connectivity index (χ0n) is 14.5. The number of hydrogen-bond acceptors (Lipinski definition) is 3. The average Bonchev–Trinajstić information content (AvgIpc) is 2.87. The molecule has 1 fully saturated rings. The van der Waals surface area contributed by atoms with Crippen LogP contribution >= 0.6 is 0 Å². The van der Waals surface area contributed by atoms with Crippen LogP contribution in [0.3, 0.4) is 0 Å². The third-order valence-electron chi connectivity index (χ3n) is 4.32. The van der Waals surface area contributed by atoms with E-state index in [0.717, 1.165) is 62.3 Å². The average molecular weight is 319 g/mol. The summed E-state index contributed by atoms with van der Waals surface area (Å²) in [5.74, 6) is 0.915. The lowest BCUT2D eigenvalue weighted by molar-refractivity contribution is 0.0761. The van der Waals surface area contributed by atoms with E-state index in [2.05, 4.69) is 6.92 Å². The van der Waals surface area contributed by atoms with Crippen molar-refractivity contribution in [3.8, 4) is 5.75 Å². The molecule has 0 saturated carbocycles. The van der Waals surface area contributed by atoms with Gasteiger partial charge in [0.1, 0.15) is 5.75 Å². The molecule has 4 nitrogen and oxygen atoms in total. The highest BCUT2D eigenvalue weighted by atomic mass is 16.5. The van der Waals surface area contributed by atoms with Crippen LogP contribution in [0.2, 0.25) is 0 Å². The van der Waals surface area contributed by atoms with Crippen LogP contribution in [0.4, 0.5) is 0 Å². The lowest BCUT2D eigenvalue weighted by atomic mass is 10.1. The fourth-order valence-electron chi connectivity index (χ4n) is 2.91. The zero-order valence-corrected chi connectivity index (χ0v) is 14.5. The van der Waals surface area contributed by atoms with Crippen LogP contribution in [0.15, 0.2) is 18.2 Å². The number of amides is 1. The predicted octanol–water partition coefficient (Wildman–Crippen LogP) is 4.03. The Labute approximate surface area is 139 Å². The number of carbonyl (C=O) groups excluding carboxylic acids is 1. The predicted molar refractivity (Wildman–Crippen MR) is 91.9 cm³/mol. The second-order valence-corrected chi connectivity index (χ2v) is 6.14. The molecule has 0 radical (unpaired) electrons. The summed E-state index contributed by atoms with van der Waals surface area (Å²) in [7, 11) is 1.65. The summed E-state index contributed by atoms with van der Waals surface area (Å²) in [5, 5.41) is 0. The summed E-state index contributed by atoms with van der Waals surface area (Å²) >= 11 is 0. The summed E-state index contributed by atoms with van der Waals surface area (Å²) in [6.45, 7) is 5.11. The first kappa shape index (κ1) is 17.8. The third-order valence-corrected chi connectivity index (χ3v) is 4.32. The first-order chi connectivity index (χ1) is 11.3. The molecule has 0 N–H and O–H groups in total. The Hall–Kier alpha value is -1.55. The van der Waals surface area contributed by atoms with Crippen molar-refractivity contribution in [1.29, 1.82) is 0 Å². The number of nitrogens with zero attached hydrogens (tertiary/aromatic N) is 1. The molecule has 1 aliphatic heterocycles. The number of benzene rings is 1. The second kappa shape index (κ2) is 9.56. The first-order valence-corrected chi connectivity index (χ1v) is 8.80. The molecular formula is C19H29NO3. The Morgan fingerprint density at radius 1 is 1.17 bits per heavy atom. The van der Waals surface area contributed by atoms with Crippen molar-refractivity contribution in [2.24, 2.45) is 0 Å². The molecule has 0 unspecified atom stereocenters. The van der Waals surface area contributed by atoms with E-state index in [4.69, 9.17) is 9.47 Å². The number of rotatable bonds is 7. The van der Waals surface area contributed by atoms with E-state index >= 15 is 0 Å². The summed E-state index contributed by atoms with van der Waals surface area (Å²) < 4.78 is 11.1. The van der Waals surface area contributed by atoms with E-state index < -0.39 is 0 Å². The smallest absolute Gasteiger partial charge is 0.253 e. The monoisotopic (exact) mass is 319 g/mol. The maximum Gasteiger partial charge on any atom is 0.253 e. The number of likely N-dealkylation sites (tertiary alicyclic amines) is 1. The van der Waals surface area contributed by atoms with Gasteiger partial charge >= 0.3 is 0 Å². The van der Waals surface area contributed by atoms with Gasteiger partial charge in [-0.25, -0.2) is 0 Å². The number of carbonyl (C=O) groups is 1. The van der Waals surface area contributed by atoms with E-state index in [-0.39, 0.29) is 5.91 Å². The van der Waals surface area contributed by atoms with Gasteiger partial charge in [0, 0.05) is 30.8 Å². The fraction of sp³-hybridized carbons (Fsp3) is 0.632. The Morgan fingerprint density at radius 2 is 1.91 bits per heavy atom. The van der Waals surface area contributed by atoms with Gasteiger partial charge in [0.2, 0.25) is 0 Å². The molecule has 1 aliphatic rings. The van der Waals surface area contributed by atoms with E-state index in [1.807, 2.05) is 23.1 Å². The molecule has 0 spiro atoms. The van der Waals surface area contributed by atoms with Crippen LogP contribution in [-0.2, 0) is 11.3 Å². The molecule has 128 valence electrons. The van der Waals surface area contributed by atoms with Crippen molar-refractivity contribution < 1.29 is 14.3 Å². The molecule has 1 saturated heterocycles. The van der Waals surface area contributed by atoms with E-state index in [0.29, 0.717) is 6.61 Å². The molecule has 23 heavy (non-hydrogen) atoms. The van der Waals surface area contributed by atoms with Crippen LogP contribution in [-0.4, -0.2) is 37.6 Å². The normalized spacial score (nSPS) is 15.3. The van der Waals surface area contributed by atoms with E-state index in [9.17, 15) is 4.79 Å². The Kier molecular flexibility index (Phi) is 7.40. The van der Waals surface area contributed by atoms with Gasteiger partial charge in [0.15, 0.2) is 0 Å². The van der Waals surface area contributed by atoms with Gasteiger partial charge in [0.25, 0.3) is 5.91 Å². The largest absolute Gasteiger partial charge is 0.496 e. The van der Waals surface area contributed by atoms with Gasteiger partial charge in [-0.1, -0.05) is 26.2 Å². The Morgan fingerprint density at radius 3 is 2.57 bits per heavy atom. The summed E-state index contributed by atoms with van der Waals surface area (Å²) in [6.07, 6.45) is 6.83. The zero-order chi connectivity index (χ0) is 16.5. The van der Waals surface area contributed by atoms with Gasteiger partial charge in [-0.2, -0.15) is 0 Å². The van der Waals surface area contributed by atoms with Crippen LogP contribution in [0.25, 0.3) is 0 Å². The number of unbranched alkanes of at least 4 members (excludes halogenated alkanes) is 1. The van der Waals surface area contributed by atoms with Crippen molar-refractivity contribution in [3.63, 3.8) is 0 Å². The fourth-order valence-corrected chi connectivity index (χ4v) is 2.91. The highest BCUT2D eigenvalue weighted by Crippen LogP contribution is 2.22. The highest BCUT2D eigenvalue weighted by molar-refractivity contribution is 5.94. The molecule has 1 amide bonds. The topological polar surface area (TPSA) is 38.8 Å². The molecule has 2 rings (SSSR count). The number of hydrogen-bond donors (Lipinski definition) is 0. The second-order valence-electron chi connectivity index (χ2n) is 6.14. The molecule has 0 atom stereocenters. The van der Waals surface area contributed by atoms with Crippen molar-refractivity contribution in [2.45, 2.75) is 52.1 Å². The quantitative estimate of drug-likeness (QED) is 0.712. The molecule has 4 heteroatoms. The van der Waals surface area contributed by atoms with E-state index in [1.54, 1.807) is 7.11 Å². The third kappa shape index (κ3) is 5.24.